The molecule has 1 aliphatic rings. The molecule has 0 N–H and O–H groups in total. The van der Waals surface area contributed by atoms with Gasteiger partial charge in [-0.3, -0.25) is 0 Å². The number of benzene rings is 1. The lowest BCUT2D eigenvalue weighted by Crippen LogP contribution is -2.06. The summed E-state index contributed by atoms with van der Waals surface area (Å²) in [5, 5.41) is 0. The average molecular weight is 191 g/mol. The van der Waals surface area contributed by atoms with Crippen LogP contribution in [0.4, 0.5) is 4.39 Å². The molecule has 1 fully saturated rings. The monoisotopic (exact) mass is 191 g/mol. The minimum absolute atomic E-state index is 0.137. The lowest BCUT2D eigenvalue weighted by Gasteiger charge is -2.20. The predicted molar refractivity (Wildman–Crippen MR) is 56.4 cm³/mol. The minimum Gasteiger partial charge on any atom is -0.207 e. The molecule has 2 rings (SSSR count). The molecule has 1 aromatic rings. The van der Waals surface area contributed by atoms with Crippen molar-refractivity contribution in [3.63, 3.8) is 0 Å². The normalized spacial score (nSPS) is 18.4. The van der Waals surface area contributed by atoms with Crippen molar-refractivity contribution >= 4 is 0 Å². The molecule has 1 saturated carbocycles. The molecule has 0 aromatic heterocycles. The van der Waals surface area contributed by atoms with E-state index < -0.39 is 0 Å². The van der Waals surface area contributed by atoms with Gasteiger partial charge in [0.15, 0.2) is 0 Å². The van der Waals surface area contributed by atoms with E-state index in [1.54, 1.807) is 18.1 Å². The van der Waals surface area contributed by atoms with Gasteiger partial charge in [0, 0.05) is 0 Å². The van der Waals surface area contributed by atoms with Gasteiger partial charge >= 0.3 is 0 Å². The molecule has 0 saturated heterocycles. The Bertz CT molecular complexity index is 270. The van der Waals surface area contributed by atoms with Crippen molar-refractivity contribution in [2.75, 3.05) is 0 Å². The number of rotatable bonds is 2. The second-order valence-electron chi connectivity index (χ2n) is 4.11. The fourth-order valence-electron chi connectivity index (χ4n) is 2.12. The molecule has 0 atom stereocenters. The molecule has 0 unspecified atom stereocenters. The quantitative estimate of drug-likeness (QED) is 0.665. The van der Waals surface area contributed by atoms with Gasteiger partial charge in [0.2, 0.25) is 0 Å². The topological polar surface area (TPSA) is 0 Å². The zero-order valence-corrected chi connectivity index (χ0v) is 8.43. The zero-order chi connectivity index (χ0) is 9.80. The lowest BCUT2D eigenvalue weighted by atomic mass is 9.85. The van der Waals surface area contributed by atoms with E-state index in [1.807, 2.05) is 12.1 Å². The number of hydrogen-bond acceptors (Lipinski definition) is 0. The van der Waals surface area contributed by atoms with E-state index in [2.05, 4.69) is 0 Å². The summed E-state index contributed by atoms with van der Waals surface area (Å²) >= 11 is 0. The van der Waals surface area contributed by atoms with Gasteiger partial charge < -0.3 is 0 Å². The van der Waals surface area contributed by atoms with Crippen LogP contribution in [0, 0.1) is 11.7 Å². The zero-order valence-electron chi connectivity index (χ0n) is 8.43. The Kier molecular flexibility index (Phi) is 3.18. The second kappa shape index (κ2) is 4.59. The molecule has 0 spiro atoms. The van der Waals surface area contributed by atoms with Crippen LogP contribution in [0.3, 0.4) is 0 Å². The summed E-state index contributed by atoms with van der Waals surface area (Å²) < 4.78 is 12.7. The van der Waals surface area contributed by atoms with Crippen molar-refractivity contribution in [2.24, 2.45) is 0 Å². The van der Waals surface area contributed by atoms with E-state index in [1.165, 1.54) is 37.7 Å². The van der Waals surface area contributed by atoms with Crippen molar-refractivity contribution in [1.82, 2.24) is 0 Å². The minimum atomic E-state index is -0.137. The van der Waals surface area contributed by atoms with Gasteiger partial charge in [0.05, 0.1) is 0 Å². The van der Waals surface area contributed by atoms with Gasteiger partial charge in [0.25, 0.3) is 0 Å². The third-order valence-electron chi connectivity index (χ3n) is 2.93. The standard InChI is InChI=1S/C13H16F/c14-13-8-6-12(7-9-13)10-11-4-2-1-3-5-11/h6-9H,1-5,10H2. The summed E-state index contributed by atoms with van der Waals surface area (Å²) in [5.41, 5.74) is 1.25. The highest BCUT2D eigenvalue weighted by Crippen LogP contribution is 2.28. The highest BCUT2D eigenvalue weighted by atomic mass is 19.1. The van der Waals surface area contributed by atoms with Crippen LogP contribution in [0.2, 0.25) is 0 Å². The van der Waals surface area contributed by atoms with Crippen LogP contribution in [0.15, 0.2) is 24.3 Å². The Hall–Kier alpha value is -0.850. The predicted octanol–water partition coefficient (Wildman–Crippen LogP) is 3.91. The molecule has 0 nitrogen and oxygen atoms in total. The van der Waals surface area contributed by atoms with Crippen molar-refractivity contribution < 1.29 is 4.39 Å². The Labute approximate surface area is 85.1 Å². The van der Waals surface area contributed by atoms with Crippen molar-refractivity contribution in [3.8, 4) is 0 Å². The molecule has 1 heteroatoms. The van der Waals surface area contributed by atoms with Gasteiger partial charge in [-0.05, 0) is 42.9 Å². The Morgan fingerprint density at radius 2 is 1.57 bits per heavy atom. The smallest absolute Gasteiger partial charge is 0.123 e. The highest BCUT2D eigenvalue weighted by molar-refractivity contribution is 5.20. The summed E-state index contributed by atoms with van der Waals surface area (Å²) in [6.07, 6.45) is 7.68. The van der Waals surface area contributed by atoms with E-state index in [9.17, 15) is 4.39 Å². The summed E-state index contributed by atoms with van der Waals surface area (Å²) in [4.78, 5) is 0. The molecule has 0 aliphatic heterocycles. The van der Waals surface area contributed by atoms with E-state index in [0.717, 1.165) is 6.42 Å². The summed E-state index contributed by atoms with van der Waals surface area (Å²) in [7, 11) is 0. The van der Waals surface area contributed by atoms with Gasteiger partial charge in [-0.2, -0.15) is 0 Å². The van der Waals surface area contributed by atoms with Crippen LogP contribution in [-0.4, -0.2) is 0 Å². The second-order valence-corrected chi connectivity index (χ2v) is 4.11. The summed E-state index contributed by atoms with van der Waals surface area (Å²) in [6.45, 7) is 0. The first-order valence-corrected chi connectivity index (χ1v) is 5.42. The molecule has 1 radical (unpaired) electrons. The third-order valence-corrected chi connectivity index (χ3v) is 2.93. The van der Waals surface area contributed by atoms with Crippen LogP contribution >= 0.6 is 0 Å². The van der Waals surface area contributed by atoms with Crippen molar-refractivity contribution in [3.05, 3.63) is 41.6 Å². The van der Waals surface area contributed by atoms with Gasteiger partial charge in [-0.25, -0.2) is 4.39 Å². The Morgan fingerprint density at radius 1 is 0.929 bits per heavy atom. The van der Waals surface area contributed by atoms with Gasteiger partial charge in [-0.15, -0.1) is 0 Å². The molecule has 0 heterocycles. The molecular formula is C13H16F. The first kappa shape index (κ1) is 9.70. The molecule has 1 aliphatic carbocycles. The summed E-state index contributed by atoms with van der Waals surface area (Å²) in [5.74, 6) is 1.50. The van der Waals surface area contributed by atoms with Gasteiger partial charge in [0.1, 0.15) is 5.82 Å². The van der Waals surface area contributed by atoms with E-state index in [4.69, 9.17) is 0 Å². The molecule has 14 heavy (non-hydrogen) atoms. The molecule has 0 bridgehead atoms. The number of hydrogen-bond donors (Lipinski definition) is 0. The summed E-state index contributed by atoms with van der Waals surface area (Å²) in [6, 6.07) is 6.91. The Morgan fingerprint density at radius 3 is 2.21 bits per heavy atom. The maximum Gasteiger partial charge on any atom is 0.123 e. The number of halogens is 1. The molecule has 1 aromatic carbocycles. The average Bonchev–Trinajstić information content (AvgIpc) is 2.23. The fraction of sp³-hybridized carbons (Fsp3) is 0.462. The van der Waals surface area contributed by atoms with E-state index >= 15 is 0 Å². The lowest BCUT2D eigenvalue weighted by molar-refractivity contribution is 0.520. The van der Waals surface area contributed by atoms with E-state index in [0.29, 0.717) is 0 Å². The Balaban J connectivity index is 1.92. The van der Waals surface area contributed by atoms with Gasteiger partial charge in [-0.1, -0.05) is 31.4 Å². The van der Waals surface area contributed by atoms with Crippen molar-refractivity contribution in [2.45, 2.75) is 38.5 Å². The largest absolute Gasteiger partial charge is 0.207 e. The van der Waals surface area contributed by atoms with E-state index in [-0.39, 0.29) is 5.82 Å². The third kappa shape index (κ3) is 2.57. The van der Waals surface area contributed by atoms with Crippen LogP contribution < -0.4 is 0 Å². The SMILES string of the molecule is Fc1ccc(C[C]2CCCCC2)cc1. The first-order valence-electron chi connectivity index (χ1n) is 5.42. The maximum atomic E-state index is 12.7. The fourth-order valence-corrected chi connectivity index (χ4v) is 2.12. The van der Waals surface area contributed by atoms with Crippen LogP contribution in [0.5, 0.6) is 0 Å². The highest BCUT2D eigenvalue weighted by Gasteiger charge is 2.14. The molecule has 75 valence electrons. The van der Waals surface area contributed by atoms with Crippen molar-refractivity contribution in [1.29, 1.82) is 0 Å². The van der Waals surface area contributed by atoms with Crippen LogP contribution in [0.1, 0.15) is 37.7 Å². The van der Waals surface area contributed by atoms with Crippen LogP contribution in [-0.2, 0) is 6.42 Å². The molecular weight excluding hydrogens is 175 g/mol. The first-order chi connectivity index (χ1) is 6.84. The maximum absolute atomic E-state index is 12.7. The van der Waals surface area contributed by atoms with Crippen LogP contribution in [0.25, 0.3) is 0 Å². The molecule has 0 amide bonds.